The Hall–Kier alpha value is -0.300. The van der Waals surface area contributed by atoms with E-state index in [-0.39, 0.29) is 5.41 Å². The van der Waals surface area contributed by atoms with Crippen molar-refractivity contribution in [1.29, 1.82) is 0 Å². The largest absolute Gasteiger partial charge is 0.0576 e. The van der Waals surface area contributed by atoms with E-state index in [2.05, 4.69) is 54.9 Å². The van der Waals surface area contributed by atoms with Crippen molar-refractivity contribution in [2.75, 3.05) is 0 Å². The summed E-state index contributed by atoms with van der Waals surface area (Å²) >= 11 is 3.69. The Morgan fingerprint density at radius 1 is 1.06 bits per heavy atom. The van der Waals surface area contributed by atoms with Crippen LogP contribution in [0.3, 0.4) is 0 Å². The second kappa shape index (κ2) is 5.14. The first-order valence-electron chi connectivity index (χ1n) is 6.78. The van der Waals surface area contributed by atoms with Gasteiger partial charge >= 0.3 is 0 Å². The van der Waals surface area contributed by atoms with Crippen LogP contribution in [0.1, 0.15) is 69.9 Å². The molecule has 0 radical (unpaired) electrons. The minimum atomic E-state index is 0.226. The Bertz CT molecular complexity index is 381. The van der Waals surface area contributed by atoms with Gasteiger partial charge in [0.1, 0.15) is 0 Å². The van der Waals surface area contributed by atoms with Crippen LogP contribution in [0.25, 0.3) is 0 Å². The van der Waals surface area contributed by atoms with E-state index < -0.39 is 0 Å². The number of benzene rings is 1. The van der Waals surface area contributed by atoms with Crippen molar-refractivity contribution in [3.05, 3.63) is 33.8 Å². The van der Waals surface area contributed by atoms with Crippen molar-refractivity contribution in [3.63, 3.8) is 0 Å². The van der Waals surface area contributed by atoms with Crippen LogP contribution in [-0.4, -0.2) is 0 Å². The van der Waals surface area contributed by atoms with Gasteiger partial charge in [0.05, 0.1) is 0 Å². The third-order valence-corrected chi connectivity index (χ3v) is 4.57. The summed E-state index contributed by atoms with van der Waals surface area (Å²) in [5, 5.41) is 0. The van der Waals surface area contributed by atoms with Gasteiger partial charge in [-0.15, -0.1) is 0 Å². The number of rotatable bonds is 1. The molecular weight excluding hydrogens is 272 g/mol. The Kier molecular flexibility index (Phi) is 3.97. The van der Waals surface area contributed by atoms with Gasteiger partial charge in [-0.1, -0.05) is 68.1 Å². The highest BCUT2D eigenvalue weighted by atomic mass is 79.9. The lowest BCUT2D eigenvalue weighted by atomic mass is 9.80. The van der Waals surface area contributed by atoms with Gasteiger partial charge < -0.3 is 0 Å². The SMILES string of the molecule is CC(C)(C)c1cc(C2CCCCC2)ccc1Br. The maximum Gasteiger partial charge on any atom is 0.0212 e. The molecule has 1 fully saturated rings. The quantitative estimate of drug-likeness (QED) is 0.614. The maximum absolute atomic E-state index is 3.69. The molecule has 0 bridgehead atoms. The summed E-state index contributed by atoms with van der Waals surface area (Å²) in [6.07, 6.45) is 7.01. The van der Waals surface area contributed by atoms with Crippen molar-refractivity contribution in [2.24, 2.45) is 0 Å². The van der Waals surface area contributed by atoms with Gasteiger partial charge in [0.2, 0.25) is 0 Å². The fourth-order valence-electron chi connectivity index (χ4n) is 2.81. The zero-order valence-electron chi connectivity index (χ0n) is 11.2. The molecule has 0 aliphatic heterocycles. The summed E-state index contributed by atoms with van der Waals surface area (Å²) in [6, 6.07) is 6.99. The zero-order chi connectivity index (χ0) is 12.5. The first-order chi connectivity index (χ1) is 7.98. The molecule has 0 aromatic heterocycles. The van der Waals surface area contributed by atoms with E-state index in [0.717, 1.165) is 5.92 Å². The lowest BCUT2D eigenvalue weighted by Gasteiger charge is -2.26. The van der Waals surface area contributed by atoms with E-state index in [1.165, 1.54) is 42.1 Å². The van der Waals surface area contributed by atoms with Gasteiger partial charge in [-0.25, -0.2) is 0 Å². The van der Waals surface area contributed by atoms with Crippen molar-refractivity contribution in [3.8, 4) is 0 Å². The highest BCUT2D eigenvalue weighted by Crippen LogP contribution is 2.37. The van der Waals surface area contributed by atoms with Gasteiger partial charge in [0.15, 0.2) is 0 Å². The van der Waals surface area contributed by atoms with Crippen LogP contribution < -0.4 is 0 Å². The van der Waals surface area contributed by atoms with Crippen LogP contribution in [-0.2, 0) is 5.41 Å². The summed E-state index contributed by atoms with van der Waals surface area (Å²) < 4.78 is 1.25. The molecule has 2 rings (SSSR count). The van der Waals surface area contributed by atoms with Gasteiger partial charge in [-0.2, -0.15) is 0 Å². The number of hydrogen-bond acceptors (Lipinski definition) is 0. The Balaban J connectivity index is 2.30. The Morgan fingerprint density at radius 2 is 1.71 bits per heavy atom. The highest BCUT2D eigenvalue weighted by Gasteiger charge is 2.21. The minimum Gasteiger partial charge on any atom is -0.0576 e. The lowest BCUT2D eigenvalue weighted by molar-refractivity contribution is 0.442. The molecule has 1 aliphatic rings. The van der Waals surface area contributed by atoms with Crippen LogP contribution in [0, 0.1) is 0 Å². The zero-order valence-corrected chi connectivity index (χ0v) is 12.8. The maximum atomic E-state index is 3.69. The van der Waals surface area contributed by atoms with Crippen LogP contribution >= 0.6 is 15.9 Å². The molecule has 94 valence electrons. The van der Waals surface area contributed by atoms with Crippen molar-refractivity contribution in [1.82, 2.24) is 0 Å². The van der Waals surface area contributed by atoms with Crippen molar-refractivity contribution in [2.45, 2.75) is 64.2 Å². The van der Waals surface area contributed by atoms with Gasteiger partial charge in [-0.3, -0.25) is 0 Å². The average molecular weight is 295 g/mol. The molecule has 0 amide bonds. The molecule has 0 N–H and O–H groups in total. The van der Waals surface area contributed by atoms with Crippen LogP contribution in [0.4, 0.5) is 0 Å². The van der Waals surface area contributed by atoms with Crippen LogP contribution in [0.2, 0.25) is 0 Å². The predicted octanol–water partition coefficient (Wildman–Crippen LogP) is 5.79. The van der Waals surface area contributed by atoms with E-state index in [4.69, 9.17) is 0 Å². The Morgan fingerprint density at radius 3 is 2.29 bits per heavy atom. The monoisotopic (exact) mass is 294 g/mol. The standard InChI is InChI=1S/C16H23Br/c1-16(2,3)14-11-13(9-10-15(14)17)12-7-5-4-6-8-12/h9-12H,4-8H2,1-3H3. The number of halogens is 1. The summed E-state index contributed by atoms with van der Waals surface area (Å²) in [6.45, 7) is 6.87. The second-order valence-corrected chi connectivity index (χ2v) is 7.18. The molecule has 0 spiro atoms. The molecule has 1 aliphatic carbocycles. The second-order valence-electron chi connectivity index (χ2n) is 6.32. The molecule has 1 saturated carbocycles. The normalized spacial score (nSPS) is 18.4. The fraction of sp³-hybridized carbons (Fsp3) is 0.625. The smallest absolute Gasteiger partial charge is 0.0212 e. The molecule has 0 atom stereocenters. The summed E-state index contributed by atoms with van der Waals surface area (Å²) in [5.41, 5.74) is 3.22. The lowest BCUT2D eigenvalue weighted by Crippen LogP contribution is -2.13. The van der Waals surface area contributed by atoms with Crippen LogP contribution in [0.5, 0.6) is 0 Å². The van der Waals surface area contributed by atoms with E-state index in [9.17, 15) is 0 Å². The molecule has 1 heteroatoms. The van der Waals surface area contributed by atoms with Crippen molar-refractivity contribution >= 4 is 15.9 Å². The molecule has 1 aromatic carbocycles. The summed E-state index contributed by atoms with van der Waals surface area (Å²) in [4.78, 5) is 0. The predicted molar refractivity (Wildman–Crippen MR) is 78.7 cm³/mol. The van der Waals surface area contributed by atoms with E-state index in [1.807, 2.05) is 0 Å². The first-order valence-corrected chi connectivity index (χ1v) is 7.58. The van der Waals surface area contributed by atoms with Crippen molar-refractivity contribution < 1.29 is 0 Å². The first kappa shape index (κ1) is 13.1. The van der Waals surface area contributed by atoms with Crippen LogP contribution in [0.15, 0.2) is 22.7 Å². The molecule has 0 unspecified atom stereocenters. The topological polar surface area (TPSA) is 0 Å². The van der Waals surface area contributed by atoms with E-state index in [0.29, 0.717) is 0 Å². The summed E-state index contributed by atoms with van der Waals surface area (Å²) in [7, 11) is 0. The van der Waals surface area contributed by atoms with E-state index in [1.54, 1.807) is 5.56 Å². The molecular formula is C16H23Br. The number of hydrogen-bond donors (Lipinski definition) is 0. The third kappa shape index (κ3) is 3.13. The fourth-order valence-corrected chi connectivity index (χ4v) is 3.65. The Labute approximate surface area is 114 Å². The third-order valence-electron chi connectivity index (χ3n) is 3.88. The van der Waals surface area contributed by atoms with E-state index >= 15 is 0 Å². The average Bonchev–Trinajstić information content (AvgIpc) is 2.29. The molecule has 0 nitrogen and oxygen atoms in total. The molecule has 17 heavy (non-hydrogen) atoms. The molecule has 1 aromatic rings. The summed E-state index contributed by atoms with van der Waals surface area (Å²) in [5.74, 6) is 0.804. The molecule has 0 heterocycles. The molecule has 0 saturated heterocycles. The van der Waals surface area contributed by atoms with Gasteiger partial charge in [0.25, 0.3) is 0 Å². The van der Waals surface area contributed by atoms with Gasteiger partial charge in [-0.05, 0) is 41.4 Å². The minimum absolute atomic E-state index is 0.226. The van der Waals surface area contributed by atoms with Gasteiger partial charge in [0, 0.05) is 4.47 Å². The highest BCUT2D eigenvalue weighted by molar-refractivity contribution is 9.10.